The smallest absolute Gasteiger partial charge is 0.232 e. The van der Waals surface area contributed by atoms with E-state index in [1.807, 2.05) is 6.92 Å². The Bertz CT molecular complexity index is 357. The van der Waals surface area contributed by atoms with Crippen LogP contribution in [0.5, 0.6) is 5.88 Å². The van der Waals surface area contributed by atoms with Gasteiger partial charge in [-0.3, -0.25) is 10.1 Å². The molecule has 6 heteroatoms. The van der Waals surface area contributed by atoms with Crippen LogP contribution in [0, 0.1) is 6.92 Å². The molecule has 0 saturated heterocycles. The van der Waals surface area contributed by atoms with Crippen LogP contribution >= 0.6 is 15.9 Å². The zero-order valence-electron chi connectivity index (χ0n) is 8.58. The maximum atomic E-state index is 11.3. The highest BCUT2D eigenvalue weighted by Crippen LogP contribution is 2.11. The van der Waals surface area contributed by atoms with Crippen LogP contribution in [0.2, 0.25) is 0 Å². The van der Waals surface area contributed by atoms with Crippen molar-refractivity contribution in [3.05, 3.63) is 11.8 Å². The molecular weight excluding hydrogens is 262 g/mol. The van der Waals surface area contributed by atoms with E-state index in [9.17, 15) is 4.79 Å². The Kier molecular flexibility index (Phi) is 4.48. The second kappa shape index (κ2) is 5.65. The molecule has 0 fully saturated rings. The highest BCUT2D eigenvalue weighted by atomic mass is 79.9. The molecule has 1 amide bonds. The molecule has 1 heterocycles. The minimum atomic E-state index is -0.125. The number of alkyl halides is 1. The molecule has 0 bridgehead atoms. The Morgan fingerprint density at radius 1 is 1.60 bits per heavy atom. The van der Waals surface area contributed by atoms with Crippen molar-refractivity contribution in [2.75, 3.05) is 17.8 Å². The predicted octanol–water partition coefficient (Wildman–Crippen LogP) is 1.52. The van der Waals surface area contributed by atoms with Gasteiger partial charge in [-0.1, -0.05) is 15.9 Å². The third-order valence-corrected chi connectivity index (χ3v) is 2.01. The van der Waals surface area contributed by atoms with Gasteiger partial charge in [0.15, 0.2) is 0 Å². The lowest BCUT2D eigenvalue weighted by atomic mass is 10.4. The molecule has 0 aliphatic heterocycles. The first-order valence-corrected chi connectivity index (χ1v) is 5.53. The lowest BCUT2D eigenvalue weighted by Gasteiger charge is -2.05. The number of rotatable bonds is 4. The number of hydrogen-bond acceptors (Lipinski definition) is 4. The molecule has 0 aromatic carbocycles. The monoisotopic (exact) mass is 273 g/mol. The molecule has 0 saturated carbocycles. The highest BCUT2D eigenvalue weighted by Gasteiger charge is 2.06. The Morgan fingerprint density at radius 2 is 2.33 bits per heavy atom. The molecule has 1 N–H and O–H groups in total. The summed E-state index contributed by atoms with van der Waals surface area (Å²) in [6, 6.07) is 1.69. The van der Waals surface area contributed by atoms with Gasteiger partial charge in [-0.05, 0) is 6.92 Å². The Labute approximate surface area is 96.4 Å². The van der Waals surface area contributed by atoms with Crippen LogP contribution in [0.1, 0.15) is 12.1 Å². The fourth-order valence-electron chi connectivity index (χ4n) is 0.973. The SMILES string of the molecule is COc1cc(C)nc(NC(=O)CCBr)n1. The Morgan fingerprint density at radius 3 is 2.93 bits per heavy atom. The number of anilines is 1. The standard InChI is InChI=1S/C9H12BrN3O2/c1-6-5-8(15-2)13-9(11-6)12-7(14)3-4-10/h5H,3-4H2,1-2H3,(H,11,12,13,14). The zero-order valence-corrected chi connectivity index (χ0v) is 10.2. The van der Waals surface area contributed by atoms with Gasteiger partial charge in [-0.25, -0.2) is 4.98 Å². The summed E-state index contributed by atoms with van der Waals surface area (Å²) in [6.45, 7) is 1.81. The molecule has 82 valence electrons. The van der Waals surface area contributed by atoms with Crippen molar-refractivity contribution in [2.24, 2.45) is 0 Å². The maximum Gasteiger partial charge on any atom is 0.232 e. The van der Waals surface area contributed by atoms with Gasteiger partial charge in [-0.2, -0.15) is 4.98 Å². The van der Waals surface area contributed by atoms with Gasteiger partial charge in [0.1, 0.15) is 0 Å². The van der Waals surface area contributed by atoms with Gasteiger partial charge < -0.3 is 4.74 Å². The number of aromatic nitrogens is 2. The van der Waals surface area contributed by atoms with E-state index < -0.39 is 0 Å². The fourth-order valence-corrected chi connectivity index (χ4v) is 1.33. The highest BCUT2D eigenvalue weighted by molar-refractivity contribution is 9.09. The molecule has 0 aliphatic rings. The number of ether oxygens (including phenoxy) is 1. The number of nitrogens with one attached hydrogen (secondary N) is 1. The van der Waals surface area contributed by atoms with Crippen LogP contribution in [0.15, 0.2) is 6.07 Å². The van der Waals surface area contributed by atoms with E-state index in [2.05, 4.69) is 31.2 Å². The van der Waals surface area contributed by atoms with Crippen molar-refractivity contribution in [2.45, 2.75) is 13.3 Å². The molecule has 1 aromatic rings. The molecule has 1 rings (SSSR count). The van der Waals surface area contributed by atoms with Gasteiger partial charge in [0, 0.05) is 23.5 Å². The third-order valence-electron chi connectivity index (χ3n) is 1.61. The molecule has 0 radical (unpaired) electrons. The first kappa shape index (κ1) is 11.9. The molecule has 0 unspecified atom stereocenters. The summed E-state index contributed by atoms with van der Waals surface area (Å²) in [5.41, 5.74) is 0.746. The predicted molar refractivity (Wildman–Crippen MR) is 60.4 cm³/mol. The minimum Gasteiger partial charge on any atom is -0.481 e. The molecular formula is C9H12BrN3O2. The van der Waals surface area contributed by atoms with Crippen LogP contribution in [0.4, 0.5) is 5.95 Å². The second-order valence-electron chi connectivity index (χ2n) is 2.86. The number of carbonyl (C=O) groups is 1. The minimum absolute atomic E-state index is 0.125. The molecule has 5 nitrogen and oxygen atoms in total. The van der Waals surface area contributed by atoms with Gasteiger partial charge in [-0.15, -0.1) is 0 Å². The van der Waals surface area contributed by atoms with E-state index in [1.54, 1.807) is 6.07 Å². The number of hydrogen-bond donors (Lipinski definition) is 1. The van der Waals surface area contributed by atoms with Gasteiger partial charge in [0.05, 0.1) is 7.11 Å². The second-order valence-corrected chi connectivity index (χ2v) is 3.66. The van der Waals surface area contributed by atoms with Crippen LogP contribution in [-0.4, -0.2) is 28.3 Å². The van der Waals surface area contributed by atoms with E-state index in [-0.39, 0.29) is 11.9 Å². The summed E-state index contributed by atoms with van der Waals surface area (Å²) in [5, 5.41) is 3.20. The number of carbonyl (C=O) groups excluding carboxylic acids is 1. The summed E-state index contributed by atoms with van der Waals surface area (Å²) in [5.74, 6) is 0.592. The topological polar surface area (TPSA) is 64.1 Å². The number of halogens is 1. The maximum absolute atomic E-state index is 11.3. The average molecular weight is 274 g/mol. The molecule has 0 aliphatic carbocycles. The molecule has 1 aromatic heterocycles. The van der Waals surface area contributed by atoms with Crippen molar-refractivity contribution >= 4 is 27.8 Å². The number of amides is 1. The summed E-state index contributed by atoms with van der Waals surface area (Å²) in [7, 11) is 1.52. The van der Waals surface area contributed by atoms with Crippen LogP contribution in [0.3, 0.4) is 0 Å². The third kappa shape index (κ3) is 3.83. The lowest BCUT2D eigenvalue weighted by molar-refractivity contribution is -0.115. The fraction of sp³-hybridized carbons (Fsp3) is 0.444. The van der Waals surface area contributed by atoms with Crippen molar-refractivity contribution in [3.63, 3.8) is 0 Å². The van der Waals surface area contributed by atoms with E-state index in [4.69, 9.17) is 4.74 Å². The first-order chi connectivity index (χ1) is 7.15. The lowest BCUT2D eigenvalue weighted by Crippen LogP contribution is -2.14. The summed E-state index contributed by atoms with van der Waals surface area (Å²) < 4.78 is 4.97. The van der Waals surface area contributed by atoms with Crippen molar-refractivity contribution in [1.82, 2.24) is 9.97 Å². The number of methoxy groups -OCH3 is 1. The van der Waals surface area contributed by atoms with Crippen LogP contribution < -0.4 is 10.1 Å². The zero-order chi connectivity index (χ0) is 11.3. The summed E-state index contributed by atoms with van der Waals surface area (Å²) in [6.07, 6.45) is 0.389. The number of aryl methyl sites for hydroxylation is 1. The molecule has 0 spiro atoms. The van der Waals surface area contributed by atoms with E-state index >= 15 is 0 Å². The quantitative estimate of drug-likeness (QED) is 0.845. The van der Waals surface area contributed by atoms with Crippen molar-refractivity contribution < 1.29 is 9.53 Å². The first-order valence-electron chi connectivity index (χ1n) is 4.41. The van der Waals surface area contributed by atoms with E-state index in [0.29, 0.717) is 17.6 Å². The van der Waals surface area contributed by atoms with Gasteiger partial charge >= 0.3 is 0 Å². The average Bonchev–Trinajstić information content (AvgIpc) is 2.17. The summed E-state index contributed by atoms with van der Waals surface area (Å²) in [4.78, 5) is 19.3. The number of nitrogens with zero attached hydrogens (tertiary/aromatic N) is 2. The largest absolute Gasteiger partial charge is 0.481 e. The molecule has 15 heavy (non-hydrogen) atoms. The van der Waals surface area contributed by atoms with Crippen LogP contribution in [-0.2, 0) is 4.79 Å². The van der Waals surface area contributed by atoms with Gasteiger partial charge in [0.25, 0.3) is 0 Å². The van der Waals surface area contributed by atoms with Crippen LogP contribution in [0.25, 0.3) is 0 Å². The Balaban J connectivity index is 2.76. The van der Waals surface area contributed by atoms with E-state index in [0.717, 1.165) is 5.69 Å². The molecule has 0 atom stereocenters. The Hall–Kier alpha value is -1.17. The van der Waals surface area contributed by atoms with Gasteiger partial charge in [0.2, 0.25) is 17.7 Å². The van der Waals surface area contributed by atoms with Crippen molar-refractivity contribution in [1.29, 1.82) is 0 Å². The normalized spacial score (nSPS) is 9.80. The summed E-state index contributed by atoms with van der Waals surface area (Å²) >= 11 is 3.18. The van der Waals surface area contributed by atoms with E-state index in [1.165, 1.54) is 7.11 Å². The van der Waals surface area contributed by atoms with Crippen molar-refractivity contribution in [3.8, 4) is 5.88 Å².